The second-order valence-corrected chi connectivity index (χ2v) is 8.45. The van der Waals surface area contributed by atoms with Crippen molar-refractivity contribution in [3.63, 3.8) is 0 Å². The number of rotatable bonds is 4. The van der Waals surface area contributed by atoms with Gasteiger partial charge in [-0.1, -0.05) is 36.4 Å². The highest BCUT2D eigenvalue weighted by atomic mass is 127. The van der Waals surface area contributed by atoms with Crippen molar-refractivity contribution in [3.05, 3.63) is 59.7 Å². The molecule has 1 heterocycles. The SMILES string of the molecule is CN=C(NCc1ccccc1S(=O)(=O)N(C)C)N1CCc2ccccc21.I. The van der Waals surface area contributed by atoms with Gasteiger partial charge in [0.15, 0.2) is 5.96 Å². The van der Waals surface area contributed by atoms with Gasteiger partial charge in [-0.15, -0.1) is 24.0 Å². The minimum absolute atomic E-state index is 0. The van der Waals surface area contributed by atoms with E-state index < -0.39 is 10.0 Å². The summed E-state index contributed by atoms with van der Waals surface area (Å²) in [6.07, 6.45) is 0.975. The number of halogens is 1. The highest BCUT2D eigenvalue weighted by Crippen LogP contribution is 2.27. The third kappa shape index (κ3) is 4.44. The van der Waals surface area contributed by atoms with Crippen molar-refractivity contribution in [2.45, 2.75) is 17.9 Å². The maximum Gasteiger partial charge on any atom is 0.242 e. The highest BCUT2D eigenvalue weighted by Gasteiger charge is 2.24. The van der Waals surface area contributed by atoms with E-state index in [1.807, 2.05) is 24.3 Å². The van der Waals surface area contributed by atoms with Crippen LogP contribution in [0, 0.1) is 0 Å². The van der Waals surface area contributed by atoms with Crippen LogP contribution in [0.5, 0.6) is 0 Å². The van der Waals surface area contributed by atoms with E-state index in [4.69, 9.17) is 0 Å². The highest BCUT2D eigenvalue weighted by molar-refractivity contribution is 14.0. The zero-order valence-electron chi connectivity index (χ0n) is 15.7. The zero-order chi connectivity index (χ0) is 18.7. The van der Waals surface area contributed by atoms with Crippen molar-refractivity contribution in [1.29, 1.82) is 0 Å². The minimum Gasteiger partial charge on any atom is -0.352 e. The van der Waals surface area contributed by atoms with Crippen LogP contribution in [0.2, 0.25) is 0 Å². The van der Waals surface area contributed by atoms with E-state index in [-0.39, 0.29) is 24.0 Å². The van der Waals surface area contributed by atoms with Crippen LogP contribution in [-0.4, -0.2) is 46.4 Å². The molecule has 0 spiro atoms. The molecule has 0 bridgehead atoms. The van der Waals surface area contributed by atoms with Crippen LogP contribution < -0.4 is 10.2 Å². The Hall–Kier alpha value is -1.65. The van der Waals surface area contributed by atoms with Gasteiger partial charge in [0.1, 0.15) is 0 Å². The van der Waals surface area contributed by atoms with E-state index in [2.05, 4.69) is 27.3 Å². The first-order chi connectivity index (χ1) is 12.4. The molecule has 146 valence electrons. The number of hydrogen-bond donors (Lipinski definition) is 1. The number of benzene rings is 2. The number of aliphatic imine (C=N–C) groups is 1. The molecule has 0 atom stereocenters. The molecular weight excluding hydrogens is 475 g/mol. The number of nitrogens with one attached hydrogen (secondary N) is 1. The van der Waals surface area contributed by atoms with Crippen LogP contribution in [0.4, 0.5) is 5.69 Å². The van der Waals surface area contributed by atoms with Crippen molar-refractivity contribution in [2.75, 3.05) is 32.6 Å². The molecule has 1 aliphatic rings. The Bertz CT molecular complexity index is 929. The van der Waals surface area contributed by atoms with Crippen molar-refractivity contribution >= 4 is 45.6 Å². The summed E-state index contributed by atoms with van der Waals surface area (Å²) in [4.78, 5) is 6.83. The largest absolute Gasteiger partial charge is 0.352 e. The second kappa shape index (κ2) is 9.03. The lowest BCUT2D eigenvalue weighted by molar-refractivity contribution is 0.519. The first-order valence-electron chi connectivity index (χ1n) is 8.51. The summed E-state index contributed by atoms with van der Waals surface area (Å²) in [6, 6.07) is 15.3. The number of nitrogens with zero attached hydrogens (tertiary/aromatic N) is 3. The van der Waals surface area contributed by atoms with E-state index in [1.165, 1.54) is 9.87 Å². The molecule has 0 aromatic heterocycles. The van der Waals surface area contributed by atoms with Gasteiger partial charge >= 0.3 is 0 Å². The van der Waals surface area contributed by atoms with Crippen molar-refractivity contribution in [1.82, 2.24) is 9.62 Å². The Kier molecular flexibility index (Phi) is 7.24. The monoisotopic (exact) mass is 500 g/mol. The van der Waals surface area contributed by atoms with Crippen LogP contribution in [0.3, 0.4) is 0 Å². The molecule has 0 amide bonds. The van der Waals surface area contributed by atoms with Gasteiger partial charge in [-0.2, -0.15) is 0 Å². The summed E-state index contributed by atoms with van der Waals surface area (Å²) in [6.45, 7) is 1.24. The second-order valence-electron chi connectivity index (χ2n) is 6.33. The fourth-order valence-corrected chi connectivity index (χ4v) is 4.24. The number of para-hydroxylation sites is 1. The minimum atomic E-state index is -3.49. The molecule has 0 fully saturated rings. The van der Waals surface area contributed by atoms with Crippen LogP contribution in [-0.2, 0) is 23.0 Å². The molecule has 0 radical (unpaired) electrons. The van der Waals surface area contributed by atoms with E-state index in [0.717, 1.165) is 30.2 Å². The number of hydrogen-bond acceptors (Lipinski definition) is 3. The molecule has 8 heteroatoms. The first kappa shape index (κ1) is 21.6. The molecule has 3 rings (SSSR count). The average Bonchev–Trinajstić information content (AvgIpc) is 3.06. The van der Waals surface area contributed by atoms with Gasteiger partial charge < -0.3 is 10.2 Å². The Morgan fingerprint density at radius 3 is 2.52 bits per heavy atom. The Balaban J connectivity index is 0.00000261. The zero-order valence-corrected chi connectivity index (χ0v) is 18.9. The molecule has 27 heavy (non-hydrogen) atoms. The fourth-order valence-electron chi connectivity index (χ4n) is 3.13. The fraction of sp³-hybridized carbons (Fsp3) is 0.316. The number of fused-ring (bicyclic) bond motifs is 1. The standard InChI is InChI=1S/C19H24N4O2S.HI/c1-20-19(23-13-12-15-8-4-6-10-17(15)23)21-14-16-9-5-7-11-18(16)26(24,25)22(2)3;/h4-11H,12-14H2,1-3H3,(H,20,21);1H. The number of anilines is 1. The van der Waals surface area contributed by atoms with Gasteiger partial charge in [0, 0.05) is 39.9 Å². The third-order valence-electron chi connectivity index (χ3n) is 4.52. The Labute approximate surface area is 178 Å². The molecular formula is C19H25IN4O2S. The van der Waals surface area contributed by atoms with Gasteiger partial charge in [-0.25, -0.2) is 12.7 Å². The molecule has 0 saturated heterocycles. The number of guanidine groups is 1. The molecule has 1 aliphatic heterocycles. The van der Waals surface area contributed by atoms with Crippen LogP contribution in [0.1, 0.15) is 11.1 Å². The summed E-state index contributed by atoms with van der Waals surface area (Å²) in [5.74, 6) is 0.743. The maximum absolute atomic E-state index is 12.5. The van der Waals surface area contributed by atoms with Crippen LogP contribution in [0.15, 0.2) is 58.4 Å². The lowest BCUT2D eigenvalue weighted by Crippen LogP contribution is -2.40. The summed E-state index contributed by atoms with van der Waals surface area (Å²) in [7, 11) is 1.33. The Morgan fingerprint density at radius 1 is 1.15 bits per heavy atom. The van der Waals surface area contributed by atoms with Crippen LogP contribution in [0.25, 0.3) is 0 Å². The lowest BCUT2D eigenvalue weighted by atomic mass is 10.2. The predicted octanol–water partition coefficient (Wildman–Crippen LogP) is 2.69. The van der Waals surface area contributed by atoms with Crippen molar-refractivity contribution < 1.29 is 8.42 Å². The lowest BCUT2D eigenvalue weighted by Gasteiger charge is -2.23. The summed E-state index contributed by atoms with van der Waals surface area (Å²) < 4.78 is 26.3. The van der Waals surface area contributed by atoms with Gasteiger partial charge in [-0.05, 0) is 29.7 Å². The molecule has 0 saturated carbocycles. The van der Waals surface area contributed by atoms with Gasteiger partial charge in [0.2, 0.25) is 10.0 Å². The van der Waals surface area contributed by atoms with Crippen LogP contribution >= 0.6 is 24.0 Å². The summed E-state index contributed by atoms with van der Waals surface area (Å²) >= 11 is 0. The molecule has 2 aromatic rings. The molecule has 2 aromatic carbocycles. The van der Waals surface area contributed by atoms with Gasteiger partial charge in [-0.3, -0.25) is 4.99 Å². The van der Waals surface area contributed by atoms with E-state index >= 15 is 0 Å². The van der Waals surface area contributed by atoms with Crippen molar-refractivity contribution in [3.8, 4) is 0 Å². The summed E-state index contributed by atoms with van der Waals surface area (Å²) in [5.41, 5.74) is 3.16. The van der Waals surface area contributed by atoms with E-state index in [1.54, 1.807) is 33.3 Å². The molecule has 0 unspecified atom stereocenters. The summed E-state index contributed by atoms with van der Waals surface area (Å²) in [5, 5.41) is 3.31. The smallest absolute Gasteiger partial charge is 0.242 e. The topological polar surface area (TPSA) is 65.0 Å². The van der Waals surface area contributed by atoms with E-state index in [0.29, 0.717) is 11.4 Å². The quantitative estimate of drug-likeness (QED) is 0.399. The predicted molar refractivity (Wildman–Crippen MR) is 120 cm³/mol. The molecule has 6 nitrogen and oxygen atoms in total. The Morgan fingerprint density at radius 2 is 1.81 bits per heavy atom. The maximum atomic E-state index is 12.5. The van der Waals surface area contributed by atoms with Gasteiger partial charge in [0.05, 0.1) is 4.90 Å². The normalized spacial score (nSPS) is 14.1. The number of sulfonamides is 1. The first-order valence-corrected chi connectivity index (χ1v) is 9.95. The third-order valence-corrected chi connectivity index (χ3v) is 6.44. The van der Waals surface area contributed by atoms with Gasteiger partial charge in [0.25, 0.3) is 0 Å². The van der Waals surface area contributed by atoms with Crippen molar-refractivity contribution in [2.24, 2.45) is 4.99 Å². The molecule has 0 aliphatic carbocycles. The van der Waals surface area contributed by atoms with E-state index in [9.17, 15) is 8.42 Å². The molecule has 1 N–H and O–H groups in total. The average molecular weight is 500 g/mol.